The lowest BCUT2D eigenvalue weighted by molar-refractivity contribution is -0.126. The summed E-state index contributed by atoms with van der Waals surface area (Å²) in [7, 11) is 0. The number of amides is 3. The Bertz CT molecular complexity index is 305. The maximum Gasteiger partial charge on any atom is 0.237 e. The maximum absolute atomic E-state index is 11.4. The van der Waals surface area contributed by atoms with Crippen LogP contribution >= 0.6 is 0 Å². The average Bonchev–Trinajstić information content (AvgIpc) is 2.25. The summed E-state index contributed by atoms with van der Waals surface area (Å²) in [6.07, 6.45) is -0.0207. The molecule has 0 spiro atoms. The largest absolute Gasteiger partial charge is 0.370 e. The van der Waals surface area contributed by atoms with Crippen molar-refractivity contribution in [2.24, 2.45) is 17.4 Å². The Balaban J connectivity index is 3.73. The summed E-state index contributed by atoms with van der Waals surface area (Å²) in [5.41, 5.74) is 10.3. The van der Waals surface area contributed by atoms with Crippen LogP contribution in [0.15, 0.2) is 0 Å². The lowest BCUT2D eigenvalue weighted by atomic mass is 10.2. The van der Waals surface area contributed by atoms with E-state index < -0.39 is 17.9 Å². The number of nitrogens with two attached hydrogens (primary N) is 2. The van der Waals surface area contributed by atoms with Gasteiger partial charge in [-0.2, -0.15) is 0 Å². The van der Waals surface area contributed by atoms with Crippen LogP contribution in [0.4, 0.5) is 0 Å². The van der Waals surface area contributed by atoms with Crippen LogP contribution in [0.3, 0.4) is 0 Å². The number of hydrogen-bond acceptors (Lipinski definition) is 4. The Hall–Kier alpha value is -1.63. The van der Waals surface area contributed by atoms with Crippen molar-refractivity contribution >= 4 is 17.7 Å². The summed E-state index contributed by atoms with van der Waals surface area (Å²) >= 11 is 0. The van der Waals surface area contributed by atoms with Crippen LogP contribution in [0, 0.1) is 5.92 Å². The third-order valence-corrected chi connectivity index (χ3v) is 2.12. The molecule has 7 nitrogen and oxygen atoms in total. The van der Waals surface area contributed by atoms with Crippen molar-refractivity contribution < 1.29 is 14.4 Å². The molecule has 3 amide bonds. The monoisotopic (exact) mass is 258 g/mol. The molecule has 0 aromatic heterocycles. The van der Waals surface area contributed by atoms with E-state index in [1.807, 2.05) is 13.8 Å². The van der Waals surface area contributed by atoms with Gasteiger partial charge in [0, 0.05) is 19.5 Å². The lowest BCUT2D eigenvalue weighted by Gasteiger charge is -2.11. The molecule has 0 aliphatic rings. The zero-order chi connectivity index (χ0) is 14.1. The van der Waals surface area contributed by atoms with E-state index in [0.29, 0.717) is 12.5 Å². The van der Waals surface area contributed by atoms with Crippen molar-refractivity contribution in [3.8, 4) is 0 Å². The molecule has 0 radical (unpaired) electrons. The van der Waals surface area contributed by atoms with E-state index in [1.165, 1.54) is 0 Å². The van der Waals surface area contributed by atoms with Gasteiger partial charge >= 0.3 is 0 Å². The van der Waals surface area contributed by atoms with Crippen LogP contribution in [0.5, 0.6) is 0 Å². The Labute approximate surface area is 107 Å². The fourth-order valence-electron chi connectivity index (χ4n) is 1.15. The topological polar surface area (TPSA) is 127 Å². The first-order valence-corrected chi connectivity index (χ1v) is 5.91. The Kier molecular flexibility index (Phi) is 7.69. The molecule has 6 N–H and O–H groups in total. The summed E-state index contributed by atoms with van der Waals surface area (Å²) in [5.74, 6) is -0.863. The molecule has 0 aliphatic carbocycles. The fraction of sp³-hybridized carbons (Fsp3) is 0.727. The third-order valence-electron chi connectivity index (χ3n) is 2.12. The number of carbonyl (C=O) groups excluding carboxylic acids is 3. The van der Waals surface area contributed by atoms with Crippen molar-refractivity contribution in [1.29, 1.82) is 0 Å². The standard InChI is InChI=1S/C11H22N4O3/c1-7(2)6-15-10(17)3-4-14-11(18)8(12)5-9(13)16/h7-8H,3-6,12H2,1-2H3,(H2,13,16)(H,14,18)(H,15,17). The van der Waals surface area contributed by atoms with Gasteiger partial charge in [-0.25, -0.2) is 0 Å². The van der Waals surface area contributed by atoms with Crippen molar-refractivity contribution in [3.63, 3.8) is 0 Å². The van der Waals surface area contributed by atoms with Gasteiger partial charge in [0.1, 0.15) is 0 Å². The van der Waals surface area contributed by atoms with E-state index in [9.17, 15) is 14.4 Å². The minimum Gasteiger partial charge on any atom is -0.370 e. The normalized spacial score (nSPS) is 12.0. The Morgan fingerprint density at radius 2 is 1.78 bits per heavy atom. The predicted molar refractivity (Wildman–Crippen MR) is 67.3 cm³/mol. The van der Waals surface area contributed by atoms with Crippen LogP contribution in [0.1, 0.15) is 26.7 Å². The Morgan fingerprint density at radius 3 is 2.28 bits per heavy atom. The summed E-state index contributed by atoms with van der Waals surface area (Å²) in [6.45, 7) is 4.78. The second kappa shape index (κ2) is 8.46. The fourth-order valence-corrected chi connectivity index (χ4v) is 1.15. The van der Waals surface area contributed by atoms with Gasteiger partial charge in [-0.3, -0.25) is 14.4 Å². The highest BCUT2D eigenvalue weighted by molar-refractivity contribution is 5.87. The van der Waals surface area contributed by atoms with E-state index in [2.05, 4.69) is 10.6 Å². The van der Waals surface area contributed by atoms with Crippen LogP contribution in [0.25, 0.3) is 0 Å². The molecule has 0 aromatic rings. The van der Waals surface area contributed by atoms with Crippen molar-refractivity contribution in [2.45, 2.75) is 32.7 Å². The molecule has 0 heterocycles. The zero-order valence-corrected chi connectivity index (χ0v) is 10.9. The molecule has 7 heteroatoms. The van der Waals surface area contributed by atoms with Crippen LogP contribution < -0.4 is 22.1 Å². The van der Waals surface area contributed by atoms with Gasteiger partial charge in [0.25, 0.3) is 0 Å². The molecule has 0 saturated heterocycles. The smallest absolute Gasteiger partial charge is 0.237 e. The first kappa shape index (κ1) is 16.4. The number of primary amides is 1. The van der Waals surface area contributed by atoms with E-state index in [1.54, 1.807) is 0 Å². The molecule has 18 heavy (non-hydrogen) atoms. The molecule has 0 fully saturated rings. The number of carbonyl (C=O) groups is 3. The first-order valence-electron chi connectivity index (χ1n) is 5.91. The highest BCUT2D eigenvalue weighted by Gasteiger charge is 2.15. The van der Waals surface area contributed by atoms with E-state index >= 15 is 0 Å². The quantitative estimate of drug-likeness (QED) is 0.421. The number of hydrogen-bond donors (Lipinski definition) is 4. The third kappa shape index (κ3) is 8.51. The summed E-state index contributed by atoms with van der Waals surface area (Å²) < 4.78 is 0. The summed E-state index contributed by atoms with van der Waals surface area (Å²) in [6, 6.07) is -0.957. The molecule has 0 aliphatic heterocycles. The average molecular weight is 258 g/mol. The van der Waals surface area contributed by atoms with E-state index in [0.717, 1.165) is 0 Å². The molecule has 0 saturated carbocycles. The zero-order valence-electron chi connectivity index (χ0n) is 10.9. The Morgan fingerprint density at radius 1 is 1.17 bits per heavy atom. The molecule has 0 rings (SSSR count). The molecule has 1 atom stereocenters. The summed E-state index contributed by atoms with van der Waals surface area (Å²) in [4.78, 5) is 33.2. The molecule has 0 aromatic carbocycles. The first-order chi connectivity index (χ1) is 8.32. The SMILES string of the molecule is CC(C)CNC(=O)CCNC(=O)C(N)CC(N)=O. The summed E-state index contributed by atoms with van der Waals surface area (Å²) in [5, 5.41) is 5.20. The highest BCUT2D eigenvalue weighted by Crippen LogP contribution is 1.89. The number of nitrogens with one attached hydrogen (secondary N) is 2. The highest BCUT2D eigenvalue weighted by atomic mass is 16.2. The molecule has 1 unspecified atom stereocenters. The van der Waals surface area contributed by atoms with Crippen LogP contribution in [-0.2, 0) is 14.4 Å². The van der Waals surface area contributed by atoms with Crippen molar-refractivity contribution in [1.82, 2.24) is 10.6 Å². The minimum absolute atomic E-state index is 0.132. The van der Waals surface area contributed by atoms with Crippen LogP contribution in [0.2, 0.25) is 0 Å². The van der Waals surface area contributed by atoms with Crippen molar-refractivity contribution in [2.75, 3.05) is 13.1 Å². The van der Waals surface area contributed by atoms with Gasteiger partial charge in [0.2, 0.25) is 17.7 Å². The van der Waals surface area contributed by atoms with E-state index in [4.69, 9.17) is 11.5 Å². The van der Waals surface area contributed by atoms with Crippen LogP contribution in [-0.4, -0.2) is 36.9 Å². The molecule has 0 bridgehead atoms. The lowest BCUT2D eigenvalue weighted by Crippen LogP contribution is -2.44. The van der Waals surface area contributed by atoms with Gasteiger partial charge in [0.05, 0.1) is 12.5 Å². The second-order valence-electron chi connectivity index (χ2n) is 4.52. The van der Waals surface area contributed by atoms with Crippen molar-refractivity contribution in [3.05, 3.63) is 0 Å². The molecular weight excluding hydrogens is 236 g/mol. The minimum atomic E-state index is -0.957. The van der Waals surface area contributed by atoms with E-state index in [-0.39, 0.29) is 25.3 Å². The maximum atomic E-state index is 11.4. The predicted octanol–water partition coefficient (Wildman–Crippen LogP) is -1.53. The van der Waals surface area contributed by atoms with Gasteiger partial charge in [-0.05, 0) is 5.92 Å². The van der Waals surface area contributed by atoms with Gasteiger partial charge in [-0.15, -0.1) is 0 Å². The number of rotatable bonds is 8. The molecular formula is C11H22N4O3. The van der Waals surface area contributed by atoms with Gasteiger partial charge < -0.3 is 22.1 Å². The molecule has 104 valence electrons. The van der Waals surface area contributed by atoms with Gasteiger partial charge in [-0.1, -0.05) is 13.8 Å². The second-order valence-corrected chi connectivity index (χ2v) is 4.52. The van der Waals surface area contributed by atoms with Gasteiger partial charge in [0.15, 0.2) is 0 Å².